The van der Waals surface area contributed by atoms with Gasteiger partial charge in [0.25, 0.3) is 21.6 Å². The first kappa shape index (κ1) is 44.1. The number of piperazine rings is 1. The fourth-order valence-corrected chi connectivity index (χ4v) is 10.8. The molecular formula is C47H50ClFN8O8S. The predicted octanol–water partition coefficient (Wildman–Crippen LogP) is 7.48. The van der Waals surface area contributed by atoms with Crippen molar-refractivity contribution in [3.05, 3.63) is 111 Å². The van der Waals surface area contributed by atoms with Crippen molar-refractivity contribution in [2.45, 2.75) is 42.7 Å². The minimum atomic E-state index is -4.65. The zero-order valence-electron chi connectivity index (χ0n) is 36.2. The molecule has 6 heterocycles. The Labute approximate surface area is 386 Å². The number of ether oxygens (including phenoxy) is 3. The van der Waals surface area contributed by atoms with E-state index in [1.165, 1.54) is 22.8 Å². The summed E-state index contributed by atoms with van der Waals surface area (Å²) in [5, 5.41) is 16.5. The van der Waals surface area contributed by atoms with E-state index < -0.39 is 37.1 Å². The Balaban J connectivity index is 0.907. The molecule has 1 spiro atoms. The summed E-state index contributed by atoms with van der Waals surface area (Å²) in [5.74, 6) is -0.572. The second-order valence-corrected chi connectivity index (χ2v) is 20.1. The third kappa shape index (κ3) is 8.91. The van der Waals surface area contributed by atoms with Crippen LogP contribution in [0.15, 0.2) is 89.5 Å². The molecule has 4 aliphatic heterocycles. The Morgan fingerprint density at radius 2 is 1.71 bits per heavy atom. The molecule has 3 N–H and O–H groups in total. The van der Waals surface area contributed by atoms with Crippen LogP contribution >= 0.6 is 11.6 Å². The molecule has 0 saturated carbocycles. The molecule has 0 unspecified atom stereocenters. The molecule has 346 valence electrons. The van der Waals surface area contributed by atoms with Crippen LogP contribution in [0.3, 0.4) is 0 Å². The molecule has 16 nitrogen and oxygen atoms in total. The average Bonchev–Trinajstić information content (AvgIpc) is 3.77. The van der Waals surface area contributed by atoms with Gasteiger partial charge < -0.3 is 34.3 Å². The number of sulfonamides is 1. The fraction of sp³-hybridized carbons (Fsp3) is 0.404. The summed E-state index contributed by atoms with van der Waals surface area (Å²) in [6.45, 7) is 6.34. The minimum absolute atomic E-state index is 0.0465. The number of nitro groups is 1. The first-order chi connectivity index (χ1) is 31.8. The lowest BCUT2D eigenvalue weighted by molar-refractivity contribution is -0.384. The lowest BCUT2D eigenvalue weighted by atomic mass is 9.69. The maximum absolute atomic E-state index is 15.3. The van der Waals surface area contributed by atoms with E-state index in [1.807, 2.05) is 41.3 Å². The number of halogens is 2. The van der Waals surface area contributed by atoms with E-state index in [0.29, 0.717) is 34.5 Å². The quantitative estimate of drug-likeness (QED) is 0.0827. The number of nitro benzene ring substituents is 1. The standard InChI is InChI=1S/C47H50ClFN8O8S/c48-34-3-1-31(2-4-34)38-26-46(29-64-30-46)11-9-33(38)27-54-15-17-55(18-16-54)35-5-7-37(40(24-35)56-19-22-65-45-42(56)23-32-10-14-50-43(32)52-45)44(58)53-66(61,62)36-6-8-39(41(25-36)57(59)60)51-28-47(49)12-20-63-21-13-47/h1-8,10,14,23-25,51H,9,11-13,15-22,26-30H2,(H,50,52)(H,53,58). The number of carbonyl (C=O) groups is 1. The van der Waals surface area contributed by atoms with Crippen LogP contribution in [0.1, 0.15) is 48.0 Å². The van der Waals surface area contributed by atoms with E-state index in [0.717, 1.165) is 88.4 Å². The van der Waals surface area contributed by atoms with Crippen molar-refractivity contribution < 1.29 is 36.7 Å². The van der Waals surface area contributed by atoms with Crippen LogP contribution in [-0.2, 0) is 19.5 Å². The third-order valence-corrected chi connectivity index (χ3v) is 15.2. The number of benzene rings is 3. The number of pyridine rings is 1. The van der Waals surface area contributed by atoms with Crippen LogP contribution in [-0.4, -0.2) is 119 Å². The zero-order valence-corrected chi connectivity index (χ0v) is 37.8. The fourth-order valence-electron chi connectivity index (χ4n) is 9.73. The van der Waals surface area contributed by atoms with Gasteiger partial charge in [0.2, 0.25) is 5.88 Å². The van der Waals surface area contributed by atoms with Crippen LogP contribution in [0.2, 0.25) is 5.02 Å². The van der Waals surface area contributed by atoms with Crippen LogP contribution in [0, 0.1) is 15.5 Å². The van der Waals surface area contributed by atoms with Gasteiger partial charge in [-0.1, -0.05) is 29.3 Å². The average molecular weight is 941 g/mol. The summed E-state index contributed by atoms with van der Waals surface area (Å²) < 4.78 is 62.2. The van der Waals surface area contributed by atoms with E-state index in [4.69, 9.17) is 25.8 Å². The van der Waals surface area contributed by atoms with Gasteiger partial charge in [-0.05, 0) is 85.0 Å². The zero-order chi connectivity index (χ0) is 45.6. The second-order valence-electron chi connectivity index (χ2n) is 17.9. The summed E-state index contributed by atoms with van der Waals surface area (Å²) >= 11 is 6.28. The van der Waals surface area contributed by atoms with Crippen molar-refractivity contribution in [2.75, 3.05) is 94.0 Å². The Hall–Kier alpha value is -5.79. The summed E-state index contributed by atoms with van der Waals surface area (Å²) in [6.07, 6.45) is 5.15. The van der Waals surface area contributed by atoms with Crippen LogP contribution in [0.5, 0.6) is 5.88 Å². The van der Waals surface area contributed by atoms with Crippen LogP contribution in [0.25, 0.3) is 16.6 Å². The number of aromatic amines is 1. The number of nitrogens with one attached hydrogen (secondary N) is 3. The molecule has 0 radical (unpaired) electrons. The molecule has 1 aliphatic carbocycles. The first-order valence-electron chi connectivity index (χ1n) is 22.2. The molecule has 0 bridgehead atoms. The number of carbonyl (C=O) groups excluding carboxylic acids is 1. The molecule has 3 aromatic carbocycles. The highest BCUT2D eigenvalue weighted by Crippen LogP contribution is 2.48. The number of anilines is 4. The topological polar surface area (TPSA) is 185 Å². The van der Waals surface area contributed by atoms with Crippen molar-refractivity contribution in [1.29, 1.82) is 0 Å². The Morgan fingerprint density at radius 3 is 2.45 bits per heavy atom. The highest BCUT2D eigenvalue weighted by atomic mass is 35.5. The molecule has 1 amide bonds. The van der Waals surface area contributed by atoms with Crippen molar-refractivity contribution in [2.24, 2.45) is 5.41 Å². The Bertz CT molecular complexity index is 2820. The molecule has 66 heavy (non-hydrogen) atoms. The number of hydrogen-bond acceptors (Lipinski definition) is 13. The molecule has 3 fully saturated rings. The highest BCUT2D eigenvalue weighted by Gasteiger charge is 2.42. The Morgan fingerprint density at radius 1 is 0.924 bits per heavy atom. The van der Waals surface area contributed by atoms with E-state index in [1.54, 1.807) is 12.3 Å². The van der Waals surface area contributed by atoms with Gasteiger partial charge in [-0.3, -0.25) is 19.8 Å². The SMILES string of the molecule is O=C(NS(=O)(=O)c1ccc(NCC2(F)CCOCC2)c([N+](=O)[O-])c1)c1ccc(N2CCN(CC3=C(c4ccc(Cl)cc4)CC4(CC3)COC4)CC2)cc1N1CCOc2nc3[nH]ccc3cc21. The van der Waals surface area contributed by atoms with Crippen LogP contribution < -0.4 is 24.6 Å². The normalized spacial score (nSPS) is 19.5. The van der Waals surface area contributed by atoms with Gasteiger partial charge in [0, 0.05) is 99.1 Å². The summed E-state index contributed by atoms with van der Waals surface area (Å²) in [6, 6.07) is 20.5. The van der Waals surface area contributed by atoms with Gasteiger partial charge in [-0.15, -0.1) is 0 Å². The summed E-state index contributed by atoms with van der Waals surface area (Å²) in [7, 11) is -4.65. The van der Waals surface area contributed by atoms with Gasteiger partial charge in [0.15, 0.2) is 0 Å². The summed E-state index contributed by atoms with van der Waals surface area (Å²) in [5.41, 5.74) is 4.62. The van der Waals surface area contributed by atoms with Gasteiger partial charge in [-0.25, -0.2) is 17.5 Å². The van der Waals surface area contributed by atoms with Crippen molar-refractivity contribution in [3.63, 3.8) is 0 Å². The van der Waals surface area contributed by atoms with E-state index in [2.05, 4.69) is 41.9 Å². The molecule has 0 atom stereocenters. The van der Waals surface area contributed by atoms with Gasteiger partial charge in [0.1, 0.15) is 29.3 Å². The smallest absolute Gasteiger partial charge is 0.293 e. The monoisotopic (exact) mass is 940 g/mol. The molecule has 2 aromatic heterocycles. The number of H-pyrrole nitrogens is 1. The molecule has 10 rings (SSSR count). The number of amides is 1. The molecule has 19 heteroatoms. The number of allylic oxidation sites excluding steroid dienone is 1. The van der Waals surface area contributed by atoms with Crippen LogP contribution in [0.4, 0.5) is 32.8 Å². The lowest BCUT2D eigenvalue weighted by Gasteiger charge is -2.46. The predicted molar refractivity (Wildman–Crippen MR) is 249 cm³/mol. The van der Waals surface area contributed by atoms with E-state index >= 15 is 4.39 Å². The lowest BCUT2D eigenvalue weighted by Crippen LogP contribution is -2.48. The number of fused-ring (bicyclic) bond motifs is 2. The van der Waals surface area contributed by atoms with Gasteiger partial charge in [-0.2, -0.15) is 4.98 Å². The molecule has 5 aromatic rings. The van der Waals surface area contributed by atoms with Crippen molar-refractivity contribution >= 4 is 72.6 Å². The molecule has 5 aliphatic rings. The minimum Gasteiger partial charge on any atom is -0.474 e. The number of nitrogens with zero attached hydrogens (tertiary/aromatic N) is 5. The number of aromatic nitrogens is 2. The third-order valence-electron chi connectivity index (χ3n) is 13.6. The van der Waals surface area contributed by atoms with Crippen molar-refractivity contribution in [3.8, 4) is 5.88 Å². The second kappa shape index (κ2) is 17.8. The van der Waals surface area contributed by atoms with Gasteiger partial charge in [0.05, 0.1) is 40.8 Å². The number of alkyl halides is 1. The largest absolute Gasteiger partial charge is 0.474 e. The maximum atomic E-state index is 15.3. The number of rotatable bonds is 12. The molecule has 3 saturated heterocycles. The van der Waals surface area contributed by atoms with Gasteiger partial charge >= 0.3 is 0 Å². The van der Waals surface area contributed by atoms with E-state index in [9.17, 15) is 23.3 Å². The molecular weight excluding hydrogens is 891 g/mol. The first-order valence-corrected chi connectivity index (χ1v) is 24.1. The Kier molecular flexibility index (Phi) is 11.9. The summed E-state index contributed by atoms with van der Waals surface area (Å²) in [4.78, 5) is 39.7. The van der Waals surface area contributed by atoms with E-state index in [-0.39, 0.29) is 55.9 Å². The highest BCUT2D eigenvalue weighted by molar-refractivity contribution is 7.90. The maximum Gasteiger partial charge on any atom is 0.293 e. The number of hydrogen-bond donors (Lipinski definition) is 3. The van der Waals surface area contributed by atoms with Crippen molar-refractivity contribution in [1.82, 2.24) is 19.6 Å².